The summed E-state index contributed by atoms with van der Waals surface area (Å²) >= 11 is 1.67. The van der Waals surface area contributed by atoms with E-state index in [2.05, 4.69) is 11.2 Å². The van der Waals surface area contributed by atoms with Crippen LogP contribution in [0.1, 0.15) is 23.8 Å². The number of fused-ring (bicyclic) bond motifs is 1. The molecule has 4 rings (SSSR count). The molecule has 1 amide bonds. The number of aromatic nitrogens is 3. The van der Waals surface area contributed by atoms with Gasteiger partial charge < -0.3 is 4.90 Å². The van der Waals surface area contributed by atoms with Crippen LogP contribution in [0.3, 0.4) is 0 Å². The highest BCUT2D eigenvalue weighted by atomic mass is 32.1. The topological polar surface area (TPSA) is 88.1 Å². The quantitative estimate of drug-likeness (QED) is 0.758. The van der Waals surface area contributed by atoms with Gasteiger partial charge in [-0.2, -0.15) is 0 Å². The molecule has 0 bridgehead atoms. The van der Waals surface area contributed by atoms with E-state index in [1.165, 1.54) is 6.07 Å². The molecule has 134 valence electrons. The lowest BCUT2D eigenvalue weighted by atomic mass is 9.98. The third-order valence-electron chi connectivity index (χ3n) is 4.62. The van der Waals surface area contributed by atoms with Crippen LogP contribution in [-0.2, 0) is 11.3 Å². The molecule has 1 aliphatic heterocycles. The van der Waals surface area contributed by atoms with Crippen molar-refractivity contribution in [2.75, 3.05) is 13.1 Å². The van der Waals surface area contributed by atoms with Gasteiger partial charge in [0.15, 0.2) is 0 Å². The summed E-state index contributed by atoms with van der Waals surface area (Å²) in [5.74, 6) is 0.0383. The van der Waals surface area contributed by atoms with E-state index in [1.807, 2.05) is 18.2 Å². The molecule has 1 atom stereocenters. The van der Waals surface area contributed by atoms with Crippen LogP contribution in [-0.4, -0.2) is 38.7 Å². The number of hydrogen-bond donors (Lipinski definition) is 1. The van der Waals surface area contributed by atoms with Crippen molar-refractivity contribution in [1.82, 2.24) is 19.7 Å². The zero-order chi connectivity index (χ0) is 18.1. The molecular formula is C18H18N4O3S. The molecule has 3 heterocycles. The van der Waals surface area contributed by atoms with Crippen LogP contribution in [0.4, 0.5) is 0 Å². The number of H-pyrrole nitrogens is 1. The average Bonchev–Trinajstić information content (AvgIpc) is 3.09. The number of thiazole rings is 1. The Kier molecular flexibility index (Phi) is 4.42. The van der Waals surface area contributed by atoms with Gasteiger partial charge in [-0.25, -0.2) is 9.67 Å². The predicted molar refractivity (Wildman–Crippen MR) is 99.5 cm³/mol. The number of nitrogens with one attached hydrogen (secondary N) is 1. The molecule has 1 saturated heterocycles. The third-order valence-corrected chi connectivity index (χ3v) is 5.81. The van der Waals surface area contributed by atoms with E-state index < -0.39 is 11.1 Å². The Bertz CT molecular complexity index is 1030. The maximum Gasteiger partial charge on any atom is 0.265 e. The number of para-hydroxylation sites is 1. The fourth-order valence-electron chi connectivity index (χ4n) is 3.28. The lowest BCUT2D eigenvalue weighted by molar-refractivity contribution is -0.133. The molecule has 1 fully saturated rings. The van der Waals surface area contributed by atoms with E-state index in [0.29, 0.717) is 13.1 Å². The number of amides is 1. The minimum absolute atomic E-state index is 0.151. The van der Waals surface area contributed by atoms with E-state index in [9.17, 15) is 14.4 Å². The van der Waals surface area contributed by atoms with Gasteiger partial charge >= 0.3 is 0 Å². The Balaban J connectivity index is 1.50. The van der Waals surface area contributed by atoms with Crippen LogP contribution in [0.15, 0.2) is 46.0 Å². The second kappa shape index (κ2) is 6.87. The molecular weight excluding hydrogens is 352 g/mol. The van der Waals surface area contributed by atoms with Gasteiger partial charge in [-0.15, -0.1) is 11.3 Å². The molecule has 3 aromatic rings. The SMILES string of the molecule is O=C(Cn1[nH]c(=O)ccc1=O)N1CCCC(c2nc3ccccc3s2)C1. The van der Waals surface area contributed by atoms with Crippen LogP contribution in [0.25, 0.3) is 10.2 Å². The number of hydrogen-bond acceptors (Lipinski definition) is 5. The smallest absolute Gasteiger partial charge is 0.265 e. The van der Waals surface area contributed by atoms with Crippen molar-refractivity contribution in [3.63, 3.8) is 0 Å². The van der Waals surface area contributed by atoms with Crippen LogP contribution >= 0.6 is 11.3 Å². The van der Waals surface area contributed by atoms with Gasteiger partial charge in [0.1, 0.15) is 6.54 Å². The van der Waals surface area contributed by atoms with Crippen molar-refractivity contribution < 1.29 is 4.79 Å². The number of carbonyl (C=O) groups excluding carboxylic acids is 1. The monoisotopic (exact) mass is 370 g/mol. The number of likely N-dealkylation sites (tertiary alicyclic amines) is 1. The molecule has 1 aliphatic rings. The van der Waals surface area contributed by atoms with Gasteiger partial charge in [-0.3, -0.25) is 19.5 Å². The molecule has 26 heavy (non-hydrogen) atoms. The number of benzene rings is 1. The lowest BCUT2D eigenvalue weighted by Gasteiger charge is -2.31. The second-order valence-electron chi connectivity index (χ2n) is 6.43. The zero-order valence-electron chi connectivity index (χ0n) is 14.1. The van der Waals surface area contributed by atoms with Gasteiger partial charge in [0.25, 0.3) is 11.1 Å². The summed E-state index contributed by atoms with van der Waals surface area (Å²) in [6.07, 6.45) is 1.89. The molecule has 0 aliphatic carbocycles. The largest absolute Gasteiger partial charge is 0.340 e. The Labute approximate surface area is 152 Å². The van der Waals surface area contributed by atoms with Gasteiger partial charge in [0, 0.05) is 31.1 Å². The van der Waals surface area contributed by atoms with Crippen LogP contribution in [0.5, 0.6) is 0 Å². The number of aromatic amines is 1. The van der Waals surface area contributed by atoms with Crippen LogP contribution < -0.4 is 11.1 Å². The first-order valence-corrected chi connectivity index (χ1v) is 9.35. The molecule has 0 spiro atoms. The minimum atomic E-state index is -0.400. The zero-order valence-corrected chi connectivity index (χ0v) is 14.9. The Morgan fingerprint density at radius 3 is 2.92 bits per heavy atom. The predicted octanol–water partition coefficient (Wildman–Crippen LogP) is 1.55. The number of piperidine rings is 1. The van der Waals surface area contributed by atoms with Crippen LogP contribution in [0.2, 0.25) is 0 Å². The highest BCUT2D eigenvalue weighted by Gasteiger charge is 2.27. The van der Waals surface area contributed by atoms with E-state index in [1.54, 1.807) is 16.2 Å². The molecule has 1 unspecified atom stereocenters. The van der Waals surface area contributed by atoms with Crippen molar-refractivity contribution in [1.29, 1.82) is 0 Å². The molecule has 0 saturated carbocycles. The van der Waals surface area contributed by atoms with E-state index in [4.69, 9.17) is 4.98 Å². The lowest BCUT2D eigenvalue weighted by Crippen LogP contribution is -2.43. The van der Waals surface area contributed by atoms with Crippen molar-refractivity contribution >= 4 is 27.5 Å². The second-order valence-corrected chi connectivity index (χ2v) is 7.49. The highest BCUT2D eigenvalue weighted by molar-refractivity contribution is 7.18. The summed E-state index contributed by atoms with van der Waals surface area (Å²) in [7, 11) is 0. The van der Waals surface area contributed by atoms with Gasteiger partial charge in [0.2, 0.25) is 5.91 Å². The van der Waals surface area contributed by atoms with E-state index in [0.717, 1.165) is 38.8 Å². The molecule has 7 nitrogen and oxygen atoms in total. The summed E-state index contributed by atoms with van der Waals surface area (Å²) in [5, 5.41) is 3.45. The standard InChI is InChI=1S/C18H18N4O3S/c23-15-7-8-16(24)22(20-15)11-17(25)21-9-3-4-12(10-21)18-19-13-5-1-2-6-14(13)26-18/h1-2,5-8,12H,3-4,9-11H2,(H,20,23). The third kappa shape index (κ3) is 3.32. The first-order valence-electron chi connectivity index (χ1n) is 8.53. The van der Waals surface area contributed by atoms with Crippen molar-refractivity contribution in [2.45, 2.75) is 25.3 Å². The minimum Gasteiger partial charge on any atom is -0.340 e. The maximum absolute atomic E-state index is 12.6. The molecule has 2 aromatic heterocycles. The summed E-state index contributed by atoms with van der Waals surface area (Å²) in [6.45, 7) is 1.10. The Morgan fingerprint density at radius 1 is 1.23 bits per heavy atom. The first kappa shape index (κ1) is 16.7. The Morgan fingerprint density at radius 2 is 2.08 bits per heavy atom. The summed E-state index contributed by atoms with van der Waals surface area (Å²) in [6, 6.07) is 10.4. The van der Waals surface area contributed by atoms with Crippen molar-refractivity contribution in [3.8, 4) is 0 Å². The summed E-state index contributed by atoms with van der Waals surface area (Å²) < 4.78 is 2.21. The fourth-order valence-corrected chi connectivity index (χ4v) is 4.38. The molecule has 1 N–H and O–H groups in total. The summed E-state index contributed by atoms with van der Waals surface area (Å²) in [4.78, 5) is 42.3. The fraction of sp³-hybridized carbons (Fsp3) is 0.333. The number of rotatable bonds is 3. The normalized spacial score (nSPS) is 17.5. The van der Waals surface area contributed by atoms with Crippen molar-refractivity contribution in [3.05, 3.63) is 62.1 Å². The molecule has 0 radical (unpaired) electrons. The van der Waals surface area contributed by atoms with Gasteiger partial charge in [0.05, 0.1) is 15.2 Å². The number of nitrogens with zero attached hydrogens (tertiary/aromatic N) is 3. The summed E-state index contributed by atoms with van der Waals surface area (Å²) in [5.41, 5.74) is 0.199. The van der Waals surface area contributed by atoms with Crippen LogP contribution in [0, 0.1) is 0 Å². The van der Waals surface area contributed by atoms with E-state index in [-0.39, 0.29) is 18.4 Å². The Hall–Kier alpha value is -2.74. The number of carbonyl (C=O) groups is 1. The van der Waals surface area contributed by atoms with Crippen molar-refractivity contribution in [2.24, 2.45) is 0 Å². The molecule has 1 aromatic carbocycles. The first-order chi connectivity index (χ1) is 12.6. The van der Waals surface area contributed by atoms with E-state index >= 15 is 0 Å². The average molecular weight is 370 g/mol. The molecule has 8 heteroatoms. The maximum atomic E-state index is 12.6. The highest BCUT2D eigenvalue weighted by Crippen LogP contribution is 2.32. The van der Waals surface area contributed by atoms with Gasteiger partial charge in [-0.05, 0) is 25.0 Å². The van der Waals surface area contributed by atoms with Gasteiger partial charge in [-0.1, -0.05) is 12.1 Å².